The number of aryl methyl sites for hydroxylation is 3. The number of carbonyl (C=O) groups excluding carboxylic acids is 1. The van der Waals surface area contributed by atoms with Gasteiger partial charge in [-0.15, -0.1) is 0 Å². The topological polar surface area (TPSA) is 64.4 Å². The van der Waals surface area contributed by atoms with Crippen molar-refractivity contribution in [3.05, 3.63) is 46.3 Å². The molecule has 0 radical (unpaired) electrons. The molecule has 5 nitrogen and oxygen atoms in total. The fourth-order valence-corrected chi connectivity index (χ4v) is 2.33. The first kappa shape index (κ1) is 14.6. The van der Waals surface area contributed by atoms with Crippen LogP contribution in [0, 0.1) is 20.8 Å². The van der Waals surface area contributed by atoms with Crippen LogP contribution in [0.15, 0.2) is 22.7 Å². The van der Waals surface area contributed by atoms with Crippen LogP contribution in [0.1, 0.15) is 45.8 Å². The highest BCUT2D eigenvalue weighted by atomic mass is 16.5. The summed E-state index contributed by atoms with van der Waals surface area (Å²) in [5, 5.41) is 6.80. The minimum absolute atomic E-state index is 0.182. The van der Waals surface area contributed by atoms with Crippen LogP contribution in [0.25, 0.3) is 0 Å². The third kappa shape index (κ3) is 3.13. The van der Waals surface area contributed by atoms with Crippen molar-refractivity contribution in [2.75, 3.05) is 0 Å². The lowest BCUT2D eigenvalue weighted by molar-refractivity contribution is 0.0940. The van der Waals surface area contributed by atoms with Crippen LogP contribution in [0.3, 0.4) is 0 Å². The number of benzene rings is 1. The van der Waals surface area contributed by atoms with E-state index in [2.05, 4.69) is 16.5 Å². The van der Waals surface area contributed by atoms with Crippen LogP contribution in [0.4, 0.5) is 0 Å². The molecule has 0 aliphatic heterocycles. The van der Waals surface area contributed by atoms with Crippen LogP contribution in [-0.4, -0.2) is 17.1 Å². The number of hydrogen-bond acceptors (Lipinski definition) is 4. The van der Waals surface area contributed by atoms with E-state index in [1.807, 2.05) is 26.0 Å². The summed E-state index contributed by atoms with van der Waals surface area (Å²) in [6, 6.07) is 6.30. The molecule has 1 N–H and O–H groups in total. The van der Waals surface area contributed by atoms with Crippen LogP contribution >= 0.6 is 0 Å². The normalized spacial score (nSPS) is 14.0. The fraction of sp³-hybridized carbons (Fsp3) is 0.412. The highest BCUT2D eigenvalue weighted by Crippen LogP contribution is 2.23. The second-order valence-corrected chi connectivity index (χ2v) is 5.87. The molecule has 1 aliphatic rings. The van der Waals surface area contributed by atoms with Gasteiger partial charge >= 0.3 is 0 Å². The zero-order valence-corrected chi connectivity index (χ0v) is 13.1. The molecule has 0 unspecified atom stereocenters. The van der Waals surface area contributed by atoms with E-state index in [4.69, 9.17) is 9.26 Å². The Hall–Kier alpha value is -2.30. The van der Waals surface area contributed by atoms with Gasteiger partial charge in [0.25, 0.3) is 5.91 Å². The van der Waals surface area contributed by atoms with Crippen LogP contribution < -0.4 is 10.1 Å². The zero-order chi connectivity index (χ0) is 15.7. The SMILES string of the molecule is Cc1ccc(OCc2c(C(=O)NC3CC3)noc2C)c(C)c1. The largest absolute Gasteiger partial charge is 0.488 e. The number of aromatic nitrogens is 1. The lowest BCUT2D eigenvalue weighted by Crippen LogP contribution is -2.26. The van der Waals surface area contributed by atoms with Crippen molar-refractivity contribution in [3.63, 3.8) is 0 Å². The first-order valence-corrected chi connectivity index (χ1v) is 7.50. The van der Waals surface area contributed by atoms with Crippen LogP contribution in [0.5, 0.6) is 5.75 Å². The van der Waals surface area contributed by atoms with Crippen LogP contribution in [0.2, 0.25) is 0 Å². The molecule has 1 amide bonds. The first-order chi connectivity index (χ1) is 10.5. The first-order valence-electron chi connectivity index (χ1n) is 7.50. The molecule has 116 valence electrons. The van der Waals surface area contributed by atoms with E-state index in [0.717, 1.165) is 24.2 Å². The number of nitrogens with zero attached hydrogens (tertiary/aromatic N) is 1. The Morgan fingerprint density at radius 2 is 2.14 bits per heavy atom. The maximum atomic E-state index is 12.2. The minimum Gasteiger partial charge on any atom is -0.488 e. The van der Waals surface area contributed by atoms with Gasteiger partial charge < -0.3 is 14.6 Å². The maximum absolute atomic E-state index is 12.2. The molecule has 1 aromatic carbocycles. The lowest BCUT2D eigenvalue weighted by atomic mass is 10.1. The molecule has 1 heterocycles. The highest BCUT2D eigenvalue weighted by Gasteiger charge is 2.27. The second-order valence-electron chi connectivity index (χ2n) is 5.87. The van der Waals surface area contributed by atoms with Crippen molar-refractivity contribution >= 4 is 5.91 Å². The Morgan fingerprint density at radius 1 is 1.36 bits per heavy atom. The van der Waals surface area contributed by atoms with Crippen LogP contribution in [-0.2, 0) is 6.61 Å². The third-order valence-corrected chi connectivity index (χ3v) is 3.81. The summed E-state index contributed by atoms with van der Waals surface area (Å²) < 4.78 is 11.0. The number of rotatable bonds is 5. The molecule has 0 saturated heterocycles. The van der Waals surface area contributed by atoms with Gasteiger partial charge in [0.05, 0.1) is 5.56 Å². The highest BCUT2D eigenvalue weighted by molar-refractivity contribution is 5.94. The summed E-state index contributed by atoms with van der Waals surface area (Å²) in [6.45, 7) is 6.11. The molecular formula is C17H20N2O3. The van der Waals surface area contributed by atoms with Crippen molar-refractivity contribution in [2.45, 2.75) is 46.3 Å². The van der Waals surface area contributed by atoms with E-state index in [-0.39, 0.29) is 18.6 Å². The Labute approximate surface area is 129 Å². The minimum atomic E-state index is -0.182. The molecule has 0 spiro atoms. The van der Waals surface area contributed by atoms with Gasteiger partial charge in [-0.2, -0.15) is 0 Å². The van der Waals surface area contributed by atoms with E-state index in [0.29, 0.717) is 17.0 Å². The molecule has 0 atom stereocenters. The summed E-state index contributed by atoms with van der Waals surface area (Å²) in [4.78, 5) is 12.2. The molecule has 1 saturated carbocycles. The van der Waals surface area contributed by atoms with Crippen molar-refractivity contribution in [3.8, 4) is 5.75 Å². The van der Waals surface area contributed by atoms with Crippen molar-refractivity contribution in [1.29, 1.82) is 0 Å². The number of ether oxygens (including phenoxy) is 1. The van der Waals surface area contributed by atoms with Gasteiger partial charge in [0.2, 0.25) is 0 Å². The Balaban J connectivity index is 1.74. The summed E-state index contributed by atoms with van der Waals surface area (Å²) in [7, 11) is 0. The molecular weight excluding hydrogens is 280 g/mol. The molecule has 22 heavy (non-hydrogen) atoms. The van der Waals surface area contributed by atoms with Gasteiger partial charge in [-0.05, 0) is 45.2 Å². The Morgan fingerprint density at radius 3 is 2.82 bits per heavy atom. The zero-order valence-electron chi connectivity index (χ0n) is 13.1. The summed E-state index contributed by atoms with van der Waals surface area (Å²) in [5.74, 6) is 1.24. The molecule has 0 bridgehead atoms. The maximum Gasteiger partial charge on any atom is 0.274 e. The van der Waals surface area contributed by atoms with Crippen molar-refractivity contribution in [1.82, 2.24) is 10.5 Å². The molecule has 2 aromatic rings. The summed E-state index contributed by atoms with van der Waals surface area (Å²) in [6.07, 6.45) is 2.08. The van der Waals surface area contributed by atoms with Gasteiger partial charge in [-0.3, -0.25) is 4.79 Å². The molecule has 1 aromatic heterocycles. The smallest absolute Gasteiger partial charge is 0.274 e. The van der Waals surface area contributed by atoms with Crippen molar-refractivity contribution < 1.29 is 14.1 Å². The average Bonchev–Trinajstić information content (AvgIpc) is 3.20. The molecule has 3 rings (SSSR count). The average molecular weight is 300 g/mol. The Kier molecular flexibility index (Phi) is 3.88. The van der Waals surface area contributed by atoms with Gasteiger partial charge in [-0.25, -0.2) is 0 Å². The van der Waals surface area contributed by atoms with Gasteiger partial charge in [0, 0.05) is 6.04 Å². The monoisotopic (exact) mass is 300 g/mol. The molecule has 1 fully saturated rings. The quantitative estimate of drug-likeness (QED) is 0.921. The Bertz CT molecular complexity index is 702. The lowest BCUT2D eigenvalue weighted by Gasteiger charge is -2.10. The van der Waals surface area contributed by atoms with Gasteiger partial charge in [0.15, 0.2) is 5.69 Å². The number of carbonyl (C=O) groups is 1. The number of nitrogens with one attached hydrogen (secondary N) is 1. The van der Waals surface area contributed by atoms with Crippen molar-refractivity contribution in [2.24, 2.45) is 0 Å². The van der Waals surface area contributed by atoms with Gasteiger partial charge in [-0.1, -0.05) is 22.9 Å². The van der Waals surface area contributed by atoms with Gasteiger partial charge in [0.1, 0.15) is 18.1 Å². The predicted octanol–water partition coefficient (Wildman–Crippen LogP) is 3.07. The van der Waals surface area contributed by atoms with E-state index in [1.165, 1.54) is 5.56 Å². The van der Waals surface area contributed by atoms with E-state index in [9.17, 15) is 4.79 Å². The fourth-order valence-electron chi connectivity index (χ4n) is 2.33. The third-order valence-electron chi connectivity index (χ3n) is 3.81. The second kappa shape index (κ2) is 5.83. The summed E-state index contributed by atoms with van der Waals surface area (Å²) in [5.41, 5.74) is 3.29. The van der Waals surface area contributed by atoms with E-state index in [1.54, 1.807) is 6.92 Å². The predicted molar refractivity (Wildman–Crippen MR) is 82.0 cm³/mol. The molecule has 5 heteroatoms. The van der Waals surface area contributed by atoms with E-state index >= 15 is 0 Å². The van der Waals surface area contributed by atoms with E-state index < -0.39 is 0 Å². The number of hydrogen-bond donors (Lipinski definition) is 1. The standard InChI is InChI=1S/C17H20N2O3/c1-10-4-7-15(11(2)8-10)21-9-14-12(3)22-19-16(14)17(20)18-13-5-6-13/h4,7-8,13H,5-6,9H2,1-3H3,(H,18,20). The number of amides is 1. The molecule has 1 aliphatic carbocycles. The summed E-state index contributed by atoms with van der Waals surface area (Å²) >= 11 is 0.